The number of nitrogens with zero attached hydrogens (tertiary/aromatic N) is 1. The highest BCUT2D eigenvalue weighted by Crippen LogP contribution is 2.16. The van der Waals surface area contributed by atoms with Crippen LogP contribution in [0.1, 0.15) is 22.8 Å². The molecule has 0 bridgehead atoms. The van der Waals surface area contributed by atoms with Crippen LogP contribution in [-0.2, 0) is 16.1 Å². The SMILES string of the molecule is CCN(Cc1cccc(F)c1)C(=O)COC(=O)c1ccccc1NCCO. The number of amides is 1. The van der Waals surface area contributed by atoms with Crippen LogP contribution in [0.5, 0.6) is 0 Å². The van der Waals surface area contributed by atoms with Gasteiger partial charge in [0, 0.05) is 25.3 Å². The number of likely N-dealkylation sites (N-methyl/N-ethyl adjacent to an activating group) is 1. The van der Waals surface area contributed by atoms with Crippen LogP contribution in [0.2, 0.25) is 0 Å². The summed E-state index contributed by atoms with van der Waals surface area (Å²) in [4.78, 5) is 26.1. The Morgan fingerprint density at radius 3 is 2.67 bits per heavy atom. The van der Waals surface area contributed by atoms with E-state index >= 15 is 0 Å². The fourth-order valence-corrected chi connectivity index (χ4v) is 2.53. The first-order chi connectivity index (χ1) is 13.0. The average Bonchev–Trinajstić information content (AvgIpc) is 2.68. The standard InChI is InChI=1S/C20H23FN2O4/c1-2-23(13-15-6-5-7-16(21)12-15)19(25)14-27-20(26)17-8-3-4-9-18(17)22-10-11-24/h3-9,12,22,24H,2,10-11,13-14H2,1H3. The Bertz CT molecular complexity index is 782. The number of para-hydroxylation sites is 1. The molecule has 2 aromatic rings. The summed E-state index contributed by atoms with van der Waals surface area (Å²) in [5.74, 6) is -1.36. The van der Waals surface area contributed by atoms with Crippen molar-refractivity contribution in [2.45, 2.75) is 13.5 Å². The zero-order valence-electron chi connectivity index (χ0n) is 15.2. The maximum absolute atomic E-state index is 13.3. The van der Waals surface area contributed by atoms with Gasteiger partial charge in [0.25, 0.3) is 5.91 Å². The number of ether oxygens (including phenoxy) is 1. The first-order valence-corrected chi connectivity index (χ1v) is 8.68. The molecule has 0 atom stereocenters. The Morgan fingerprint density at radius 1 is 1.19 bits per heavy atom. The Hall–Kier alpha value is -2.93. The van der Waals surface area contributed by atoms with E-state index < -0.39 is 12.6 Å². The van der Waals surface area contributed by atoms with Crippen molar-refractivity contribution < 1.29 is 23.8 Å². The highest BCUT2D eigenvalue weighted by molar-refractivity contribution is 5.96. The van der Waals surface area contributed by atoms with Gasteiger partial charge in [-0.05, 0) is 36.8 Å². The van der Waals surface area contributed by atoms with Crippen LogP contribution < -0.4 is 5.32 Å². The lowest BCUT2D eigenvalue weighted by Gasteiger charge is -2.21. The number of aliphatic hydroxyl groups excluding tert-OH is 1. The maximum Gasteiger partial charge on any atom is 0.340 e. The van der Waals surface area contributed by atoms with Gasteiger partial charge < -0.3 is 20.1 Å². The van der Waals surface area contributed by atoms with Crippen LogP contribution >= 0.6 is 0 Å². The first kappa shape index (κ1) is 20.4. The van der Waals surface area contributed by atoms with Gasteiger partial charge >= 0.3 is 5.97 Å². The summed E-state index contributed by atoms with van der Waals surface area (Å²) in [7, 11) is 0. The Kier molecular flexibility index (Phi) is 7.76. The summed E-state index contributed by atoms with van der Waals surface area (Å²) >= 11 is 0. The number of carbonyl (C=O) groups excluding carboxylic acids is 2. The van der Waals surface area contributed by atoms with E-state index in [1.165, 1.54) is 17.0 Å². The van der Waals surface area contributed by atoms with Crippen LogP contribution in [0.3, 0.4) is 0 Å². The molecule has 0 spiro atoms. The molecule has 0 heterocycles. The van der Waals surface area contributed by atoms with Crippen molar-refractivity contribution >= 4 is 17.6 Å². The lowest BCUT2D eigenvalue weighted by Crippen LogP contribution is -2.34. The van der Waals surface area contributed by atoms with Gasteiger partial charge in [-0.2, -0.15) is 0 Å². The van der Waals surface area contributed by atoms with E-state index in [1.54, 1.807) is 43.3 Å². The number of rotatable bonds is 9. The van der Waals surface area contributed by atoms with Crippen LogP contribution in [-0.4, -0.2) is 48.2 Å². The van der Waals surface area contributed by atoms with Crippen molar-refractivity contribution in [3.05, 3.63) is 65.5 Å². The zero-order valence-corrected chi connectivity index (χ0v) is 15.2. The molecule has 0 saturated heterocycles. The van der Waals surface area contributed by atoms with Crippen molar-refractivity contribution in [1.82, 2.24) is 4.90 Å². The van der Waals surface area contributed by atoms with Crippen LogP contribution in [0.25, 0.3) is 0 Å². The fraction of sp³-hybridized carbons (Fsp3) is 0.300. The smallest absolute Gasteiger partial charge is 0.340 e. The Labute approximate surface area is 157 Å². The third kappa shape index (κ3) is 6.07. The van der Waals surface area contributed by atoms with Crippen molar-refractivity contribution in [3.63, 3.8) is 0 Å². The number of hydrogen-bond acceptors (Lipinski definition) is 5. The molecule has 1 amide bonds. The molecule has 0 aliphatic heterocycles. The molecular weight excluding hydrogens is 351 g/mol. The molecule has 0 radical (unpaired) electrons. The average molecular weight is 374 g/mol. The molecule has 2 rings (SSSR count). The lowest BCUT2D eigenvalue weighted by molar-refractivity contribution is -0.134. The van der Waals surface area contributed by atoms with Crippen molar-refractivity contribution in [2.24, 2.45) is 0 Å². The molecule has 2 aromatic carbocycles. The Morgan fingerprint density at radius 2 is 1.96 bits per heavy atom. The minimum atomic E-state index is -0.633. The molecule has 27 heavy (non-hydrogen) atoms. The third-order valence-electron chi connectivity index (χ3n) is 3.90. The molecule has 0 saturated carbocycles. The number of nitrogens with one attached hydrogen (secondary N) is 1. The summed E-state index contributed by atoms with van der Waals surface area (Å²) in [5, 5.41) is 11.8. The van der Waals surface area contributed by atoms with Gasteiger partial charge in [0.05, 0.1) is 12.2 Å². The van der Waals surface area contributed by atoms with Crippen molar-refractivity contribution in [1.29, 1.82) is 0 Å². The second kappa shape index (κ2) is 10.3. The van der Waals surface area contributed by atoms with E-state index in [2.05, 4.69) is 5.32 Å². The Balaban J connectivity index is 1.96. The molecule has 0 aliphatic rings. The van der Waals surface area contributed by atoms with Crippen molar-refractivity contribution in [2.75, 3.05) is 31.6 Å². The number of aliphatic hydroxyl groups is 1. The van der Waals surface area contributed by atoms with E-state index in [1.807, 2.05) is 0 Å². The van der Waals surface area contributed by atoms with E-state index in [0.717, 1.165) is 0 Å². The second-order valence-electron chi connectivity index (χ2n) is 5.81. The quantitative estimate of drug-likeness (QED) is 0.659. The van der Waals surface area contributed by atoms with Gasteiger partial charge in [0.1, 0.15) is 5.82 Å². The summed E-state index contributed by atoms with van der Waals surface area (Å²) in [6, 6.07) is 12.7. The van der Waals surface area contributed by atoms with Crippen LogP contribution in [0.4, 0.5) is 10.1 Å². The summed E-state index contributed by atoms with van der Waals surface area (Å²) in [5.41, 5.74) is 1.47. The number of esters is 1. The number of benzene rings is 2. The van der Waals surface area contributed by atoms with Gasteiger partial charge in [-0.3, -0.25) is 4.79 Å². The number of anilines is 1. The minimum Gasteiger partial charge on any atom is -0.452 e. The van der Waals surface area contributed by atoms with E-state index in [9.17, 15) is 14.0 Å². The van der Waals surface area contributed by atoms with Gasteiger partial charge in [-0.1, -0.05) is 24.3 Å². The maximum atomic E-state index is 13.3. The summed E-state index contributed by atoms with van der Waals surface area (Å²) < 4.78 is 18.4. The molecule has 6 nitrogen and oxygen atoms in total. The van der Waals surface area contributed by atoms with Gasteiger partial charge in [-0.15, -0.1) is 0 Å². The van der Waals surface area contributed by atoms with Gasteiger partial charge in [0.15, 0.2) is 6.61 Å². The zero-order chi connectivity index (χ0) is 19.6. The number of halogens is 1. The second-order valence-corrected chi connectivity index (χ2v) is 5.81. The van der Waals surface area contributed by atoms with E-state index in [4.69, 9.17) is 9.84 Å². The minimum absolute atomic E-state index is 0.0760. The molecule has 0 aliphatic carbocycles. The van der Waals surface area contributed by atoms with Crippen LogP contribution in [0, 0.1) is 5.82 Å². The third-order valence-corrected chi connectivity index (χ3v) is 3.90. The van der Waals surface area contributed by atoms with Gasteiger partial charge in [-0.25, -0.2) is 9.18 Å². The number of hydrogen-bond donors (Lipinski definition) is 2. The molecular formula is C20H23FN2O4. The molecule has 2 N–H and O–H groups in total. The summed E-state index contributed by atoms with van der Waals surface area (Å²) in [6.07, 6.45) is 0. The van der Waals surface area contributed by atoms with Gasteiger partial charge in [0.2, 0.25) is 0 Å². The van der Waals surface area contributed by atoms with Crippen molar-refractivity contribution in [3.8, 4) is 0 Å². The first-order valence-electron chi connectivity index (χ1n) is 8.68. The highest BCUT2D eigenvalue weighted by Gasteiger charge is 2.17. The topological polar surface area (TPSA) is 78.9 Å². The number of carbonyl (C=O) groups is 2. The monoisotopic (exact) mass is 374 g/mol. The highest BCUT2D eigenvalue weighted by atomic mass is 19.1. The lowest BCUT2D eigenvalue weighted by atomic mass is 10.2. The molecule has 7 heteroatoms. The largest absolute Gasteiger partial charge is 0.452 e. The van der Waals surface area contributed by atoms with E-state index in [0.29, 0.717) is 24.3 Å². The predicted molar refractivity (Wildman–Crippen MR) is 99.8 cm³/mol. The molecule has 0 aromatic heterocycles. The normalized spacial score (nSPS) is 10.3. The predicted octanol–water partition coefficient (Wildman–Crippen LogP) is 2.44. The molecule has 144 valence electrons. The molecule has 0 unspecified atom stereocenters. The van der Waals surface area contributed by atoms with Crippen LogP contribution in [0.15, 0.2) is 48.5 Å². The fourth-order valence-electron chi connectivity index (χ4n) is 2.53. The molecule has 0 fully saturated rings. The van der Waals surface area contributed by atoms with E-state index in [-0.39, 0.29) is 30.4 Å². The summed E-state index contributed by atoms with van der Waals surface area (Å²) in [6.45, 7) is 2.25.